The highest BCUT2D eigenvalue weighted by molar-refractivity contribution is 5.90. The summed E-state index contributed by atoms with van der Waals surface area (Å²) in [6.45, 7) is 0. The van der Waals surface area contributed by atoms with Crippen molar-refractivity contribution in [3.8, 4) is 0 Å². The summed E-state index contributed by atoms with van der Waals surface area (Å²) in [6, 6.07) is 0. The lowest BCUT2D eigenvalue weighted by Gasteiger charge is -2.20. The summed E-state index contributed by atoms with van der Waals surface area (Å²) >= 11 is 0. The number of amides is 1. The molecule has 3 N–H and O–H groups in total. The maximum absolute atomic E-state index is 11.8. The zero-order valence-electron chi connectivity index (χ0n) is 9.15. The zero-order valence-corrected chi connectivity index (χ0v) is 9.15. The molecular weight excluding hydrogens is 204 g/mol. The van der Waals surface area contributed by atoms with Crippen LogP contribution in [0.25, 0.3) is 0 Å². The lowest BCUT2D eigenvalue weighted by molar-refractivity contribution is -0.120. The van der Waals surface area contributed by atoms with Crippen molar-refractivity contribution in [2.24, 2.45) is 5.92 Å². The second-order valence-electron chi connectivity index (χ2n) is 4.16. The Morgan fingerprint density at radius 1 is 1.25 bits per heavy atom. The van der Waals surface area contributed by atoms with Crippen molar-refractivity contribution >= 4 is 17.5 Å². The summed E-state index contributed by atoms with van der Waals surface area (Å²) in [5.74, 6) is 0.490. The number of hydrogen-bond donors (Lipinski definition) is 2. The molecule has 1 aromatic rings. The highest BCUT2D eigenvalue weighted by atomic mass is 16.2. The van der Waals surface area contributed by atoms with Crippen LogP contribution in [0, 0.1) is 5.92 Å². The third kappa shape index (κ3) is 2.68. The maximum Gasteiger partial charge on any atom is 0.229 e. The van der Waals surface area contributed by atoms with Crippen molar-refractivity contribution in [1.29, 1.82) is 0 Å². The first-order chi connectivity index (χ1) is 7.75. The fourth-order valence-electron chi connectivity index (χ4n) is 1.98. The number of nitrogens with one attached hydrogen (secondary N) is 1. The van der Waals surface area contributed by atoms with Crippen molar-refractivity contribution in [2.45, 2.75) is 32.1 Å². The molecule has 0 aromatic carbocycles. The first-order valence-corrected chi connectivity index (χ1v) is 5.64. The van der Waals surface area contributed by atoms with E-state index < -0.39 is 0 Å². The number of rotatable bonds is 2. The molecule has 5 nitrogen and oxygen atoms in total. The highest BCUT2D eigenvalue weighted by Gasteiger charge is 2.21. The van der Waals surface area contributed by atoms with Gasteiger partial charge in [0.1, 0.15) is 0 Å². The van der Waals surface area contributed by atoms with E-state index in [1.54, 1.807) is 0 Å². The number of hydrogen-bond acceptors (Lipinski definition) is 4. The van der Waals surface area contributed by atoms with Gasteiger partial charge in [-0.05, 0) is 12.8 Å². The largest absolute Gasteiger partial charge is 0.396 e. The number of nitrogens with zero attached hydrogens (tertiary/aromatic N) is 2. The number of nitrogen functional groups attached to an aromatic ring is 1. The van der Waals surface area contributed by atoms with E-state index in [0.29, 0.717) is 11.6 Å². The Kier molecular flexibility index (Phi) is 3.34. The van der Waals surface area contributed by atoms with Gasteiger partial charge in [0.05, 0.1) is 18.1 Å². The molecule has 0 bridgehead atoms. The fourth-order valence-corrected chi connectivity index (χ4v) is 1.98. The molecule has 1 amide bonds. The number of nitrogens with two attached hydrogens (primary N) is 1. The van der Waals surface area contributed by atoms with E-state index in [1.807, 2.05) is 0 Å². The Balaban J connectivity index is 1.93. The average Bonchev–Trinajstić information content (AvgIpc) is 2.33. The molecule has 1 fully saturated rings. The Labute approximate surface area is 94.5 Å². The van der Waals surface area contributed by atoms with Crippen LogP contribution in [0.15, 0.2) is 12.4 Å². The minimum atomic E-state index is 0.0319. The molecule has 5 heteroatoms. The highest BCUT2D eigenvalue weighted by Crippen LogP contribution is 2.24. The third-order valence-corrected chi connectivity index (χ3v) is 2.88. The van der Waals surface area contributed by atoms with Gasteiger partial charge < -0.3 is 5.73 Å². The topological polar surface area (TPSA) is 80.9 Å². The van der Waals surface area contributed by atoms with Crippen LogP contribution in [-0.4, -0.2) is 15.9 Å². The molecule has 1 aliphatic carbocycles. The Morgan fingerprint density at radius 3 is 2.50 bits per heavy atom. The van der Waals surface area contributed by atoms with E-state index in [9.17, 15) is 4.79 Å². The average molecular weight is 220 g/mol. The minimum Gasteiger partial charge on any atom is -0.396 e. The van der Waals surface area contributed by atoms with Gasteiger partial charge in [0.15, 0.2) is 0 Å². The summed E-state index contributed by atoms with van der Waals surface area (Å²) in [5.41, 5.74) is 5.96. The van der Waals surface area contributed by atoms with Crippen LogP contribution in [0.3, 0.4) is 0 Å². The molecule has 0 aliphatic heterocycles. The number of carbonyl (C=O) groups is 1. The lowest BCUT2D eigenvalue weighted by atomic mass is 9.89. The molecule has 0 atom stereocenters. The van der Waals surface area contributed by atoms with Gasteiger partial charge in [0.25, 0.3) is 0 Å². The van der Waals surface area contributed by atoms with Crippen molar-refractivity contribution in [1.82, 2.24) is 9.97 Å². The molecule has 2 rings (SSSR count). The molecule has 0 spiro atoms. The van der Waals surface area contributed by atoms with E-state index in [4.69, 9.17) is 5.73 Å². The van der Waals surface area contributed by atoms with E-state index in [1.165, 1.54) is 18.8 Å². The van der Waals surface area contributed by atoms with Gasteiger partial charge in [-0.15, -0.1) is 0 Å². The predicted octanol–water partition coefficient (Wildman–Crippen LogP) is 1.58. The number of aromatic nitrogens is 2. The van der Waals surface area contributed by atoms with Crippen LogP contribution in [-0.2, 0) is 4.79 Å². The van der Waals surface area contributed by atoms with Gasteiger partial charge in [-0.2, -0.15) is 0 Å². The van der Waals surface area contributed by atoms with E-state index in [0.717, 1.165) is 25.7 Å². The van der Waals surface area contributed by atoms with Crippen LogP contribution in [0.1, 0.15) is 32.1 Å². The van der Waals surface area contributed by atoms with Gasteiger partial charge in [-0.3, -0.25) is 10.1 Å². The van der Waals surface area contributed by atoms with Crippen molar-refractivity contribution in [2.75, 3.05) is 11.1 Å². The molecule has 1 heterocycles. The second kappa shape index (κ2) is 4.92. The summed E-state index contributed by atoms with van der Waals surface area (Å²) in [7, 11) is 0. The maximum atomic E-state index is 11.8. The van der Waals surface area contributed by atoms with Crippen LogP contribution in [0.4, 0.5) is 11.6 Å². The molecule has 0 radical (unpaired) electrons. The molecule has 86 valence electrons. The number of anilines is 2. The van der Waals surface area contributed by atoms with Gasteiger partial charge in [0.2, 0.25) is 11.9 Å². The molecule has 1 aliphatic rings. The molecule has 0 saturated heterocycles. The second-order valence-corrected chi connectivity index (χ2v) is 4.16. The Hall–Kier alpha value is -1.65. The predicted molar refractivity (Wildman–Crippen MR) is 61.6 cm³/mol. The zero-order chi connectivity index (χ0) is 11.4. The van der Waals surface area contributed by atoms with E-state index >= 15 is 0 Å². The normalized spacial score (nSPS) is 17.0. The van der Waals surface area contributed by atoms with Gasteiger partial charge in [-0.25, -0.2) is 9.97 Å². The van der Waals surface area contributed by atoms with Crippen LogP contribution in [0.2, 0.25) is 0 Å². The summed E-state index contributed by atoms with van der Waals surface area (Å²) < 4.78 is 0. The minimum absolute atomic E-state index is 0.0319. The van der Waals surface area contributed by atoms with Gasteiger partial charge in [-0.1, -0.05) is 19.3 Å². The summed E-state index contributed by atoms with van der Waals surface area (Å²) in [6.07, 6.45) is 8.44. The molecule has 16 heavy (non-hydrogen) atoms. The van der Waals surface area contributed by atoms with E-state index in [-0.39, 0.29) is 11.8 Å². The van der Waals surface area contributed by atoms with E-state index in [2.05, 4.69) is 15.3 Å². The van der Waals surface area contributed by atoms with Crippen molar-refractivity contribution < 1.29 is 4.79 Å². The van der Waals surface area contributed by atoms with Crippen LogP contribution in [0.5, 0.6) is 0 Å². The fraction of sp³-hybridized carbons (Fsp3) is 0.545. The third-order valence-electron chi connectivity index (χ3n) is 2.88. The van der Waals surface area contributed by atoms with Crippen molar-refractivity contribution in [3.05, 3.63) is 12.4 Å². The van der Waals surface area contributed by atoms with Crippen LogP contribution < -0.4 is 11.1 Å². The van der Waals surface area contributed by atoms with Crippen molar-refractivity contribution in [3.63, 3.8) is 0 Å². The molecule has 0 unspecified atom stereocenters. The Bertz CT molecular complexity index is 357. The number of carbonyl (C=O) groups excluding carboxylic acids is 1. The quantitative estimate of drug-likeness (QED) is 0.792. The molecular formula is C11H16N4O. The summed E-state index contributed by atoms with van der Waals surface area (Å²) in [4.78, 5) is 19.7. The molecule has 1 saturated carbocycles. The smallest absolute Gasteiger partial charge is 0.229 e. The monoisotopic (exact) mass is 220 g/mol. The SMILES string of the molecule is Nc1cnc(NC(=O)C2CCCCC2)nc1. The van der Waals surface area contributed by atoms with Crippen LogP contribution >= 0.6 is 0 Å². The standard InChI is InChI=1S/C11H16N4O/c12-9-6-13-11(14-7-9)15-10(16)8-4-2-1-3-5-8/h6-8H,1-5,12H2,(H,13,14,15,16). The molecule has 1 aromatic heterocycles. The van der Waals surface area contributed by atoms with Gasteiger partial charge >= 0.3 is 0 Å². The lowest BCUT2D eigenvalue weighted by Crippen LogP contribution is -2.25. The van der Waals surface area contributed by atoms with Gasteiger partial charge in [0, 0.05) is 5.92 Å². The first-order valence-electron chi connectivity index (χ1n) is 5.64. The summed E-state index contributed by atoms with van der Waals surface area (Å²) in [5, 5.41) is 2.72. The Morgan fingerprint density at radius 2 is 1.88 bits per heavy atom. The first kappa shape index (κ1) is 10.9.